The molecular weight excluding hydrogens is 520 g/mol. The summed E-state index contributed by atoms with van der Waals surface area (Å²) in [6, 6.07) is 23.1. The standard InChI is InChI=1S/C32H34N4O5/c1-35-14-16-36(17-15-35)20-25-10-11-30(40-25)32(37)34-19-26-22-39-29-9-5-8-27(31(29)41-26)28-18-24(12-13-33-28)38-21-23-6-3-2-4-7-23/h2-13,18,26H,14-17,19-22H2,1H3,(H,34,37). The molecule has 1 unspecified atom stereocenters. The number of carbonyl (C=O) groups excluding carboxylic acids is 1. The van der Waals surface area contributed by atoms with Crippen molar-refractivity contribution in [2.75, 3.05) is 46.4 Å². The van der Waals surface area contributed by atoms with Crippen molar-refractivity contribution >= 4 is 5.91 Å². The van der Waals surface area contributed by atoms with Crippen LogP contribution in [0.3, 0.4) is 0 Å². The summed E-state index contributed by atoms with van der Waals surface area (Å²) >= 11 is 0. The van der Waals surface area contributed by atoms with Crippen molar-refractivity contribution in [2.45, 2.75) is 19.3 Å². The molecule has 2 aliphatic rings. The van der Waals surface area contributed by atoms with Gasteiger partial charge in [0.1, 0.15) is 30.8 Å². The first-order valence-electron chi connectivity index (χ1n) is 13.9. The molecule has 41 heavy (non-hydrogen) atoms. The fraction of sp³-hybridized carbons (Fsp3) is 0.312. The van der Waals surface area contributed by atoms with Crippen molar-refractivity contribution in [3.05, 3.63) is 96.1 Å². The zero-order chi connectivity index (χ0) is 28.0. The highest BCUT2D eigenvalue weighted by molar-refractivity contribution is 5.91. The number of carbonyl (C=O) groups is 1. The summed E-state index contributed by atoms with van der Waals surface area (Å²) < 4.78 is 24.2. The molecule has 1 N–H and O–H groups in total. The summed E-state index contributed by atoms with van der Waals surface area (Å²) in [5, 5.41) is 2.93. The maximum atomic E-state index is 12.8. The Bertz CT molecular complexity index is 1470. The number of fused-ring (bicyclic) bond motifs is 1. The van der Waals surface area contributed by atoms with Crippen LogP contribution in [0, 0.1) is 0 Å². The van der Waals surface area contributed by atoms with E-state index in [0.29, 0.717) is 48.5 Å². The second-order valence-electron chi connectivity index (χ2n) is 10.4. The van der Waals surface area contributed by atoms with Crippen LogP contribution >= 0.6 is 0 Å². The van der Waals surface area contributed by atoms with Crippen LogP contribution in [0.1, 0.15) is 21.9 Å². The lowest BCUT2D eigenvalue weighted by Gasteiger charge is -2.31. The lowest BCUT2D eigenvalue weighted by molar-refractivity contribution is 0.0773. The van der Waals surface area contributed by atoms with Crippen LogP contribution in [-0.4, -0.2) is 73.2 Å². The number of furan rings is 1. The van der Waals surface area contributed by atoms with Crippen molar-refractivity contribution in [3.8, 4) is 28.5 Å². The van der Waals surface area contributed by atoms with Gasteiger partial charge in [-0.05, 0) is 42.9 Å². The number of rotatable bonds is 9. The molecule has 6 rings (SSSR count). The molecule has 2 aliphatic heterocycles. The SMILES string of the molecule is CN1CCN(Cc2ccc(C(=O)NCC3COc4cccc(-c5cc(OCc6ccccc6)ccn5)c4O3)o2)CC1. The molecule has 0 bridgehead atoms. The number of nitrogens with one attached hydrogen (secondary N) is 1. The maximum Gasteiger partial charge on any atom is 0.287 e. The topological polar surface area (TPSA) is 89.3 Å². The number of nitrogens with zero attached hydrogens (tertiary/aromatic N) is 3. The molecule has 1 atom stereocenters. The van der Waals surface area contributed by atoms with Crippen LogP contribution in [0.5, 0.6) is 17.2 Å². The number of benzene rings is 2. The predicted molar refractivity (Wildman–Crippen MR) is 154 cm³/mol. The quantitative estimate of drug-likeness (QED) is 0.329. The molecule has 0 radical (unpaired) electrons. The van der Waals surface area contributed by atoms with E-state index in [1.165, 1.54) is 0 Å². The van der Waals surface area contributed by atoms with Crippen LogP contribution in [0.15, 0.2) is 83.4 Å². The number of ether oxygens (including phenoxy) is 3. The molecule has 2 aromatic heterocycles. The van der Waals surface area contributed by atoms with E-state index in [0.717, 1.165) is 43.1 Å². The van der Waals surface area contributed by atoms with Gasteiger partial charge in [0.15, 0.2) is 17.3 Å². The second-order valence-corrected chi connectivity index (χ2v) is 10.4. The second kappa shape index (κ2) is 12.4. The first-order valence-corrected chi connectivity index (χ1v) is 13.9. The monoisotopic (exact) mass is 554 g/mol. The normalized spacial score (nSPS) is 17.2. The minimum Gasteiger partial charge on any atom is -0.489 e. The average Bonchev–Trinajstić information content (AvgIpc) is 3.49. The summed E-state index contributed by atoms with van der Waals surface area (Å²) in [6.07, 6.45) is 1.35. The highest BCUT2D eigenvalue weighted by Crippen LogP contribution is 2.40. The molecule has 2 aromatic carbocycles. The minimum absolute atomic E-state index is 0.273. The van der Waals surface area contributed by atoms with Gasteiger partial charge in [-0.25, -0.2) is 0 Å². The molecule has 0 spiro atoms. The molecule has 1 amide bonds. The number of aromatic nitrogens is 1. The van der Waals surface area contributed by atoms with Gasteiger partial charge >= 0.3 is 0 Å². The molecule has 4 aromatic rings. The molecule has 1 saturated heterocycles. The number of hydrogen-bond acceptors (Lipinski definition) is 8. The van der Waals surface area contributed by atoms with Crippen LogP contribution in [0.25, 0.3) is 11.3 Å². The Morgan fingerprint density at radius 1 is 1.02 bits per heavy atom. The molecule has 0 saturated carbocycles. The van der Waals surface area contributed by atoms with Crippen LogP contribution < -0.4 is 19.5 Å². The molecule has 9 heteroatoms. The van der Waals surface area contributed by atoms with Gasteiger partial charge < -0.3 is 28.8 Å². The first-order chi connectivity index (χ1) is 20.1. The van der Waals surface area contributed by atoms with Gasteiger partial charge in [-0.2, -0.15) is 0 Å². The van der Waals surface area contributed by atoms with E-state index in [9.17, 15) is 4.79 Å². The number of pyridine rings is 1. The number of hydrogen-bond donors (Lipinski definition) is 1. The van der Waals surface area contributed by atoms with Gasteiger partial charge in [-0.15, -0.1) is 0 Å². The molecular formula is C32H34N4O5. The minimum atomic E-state index is -0.370. The Morgan fingerprint density at radius 3 is 2.73 bits per heavy atom. The third-order valence-corrected chi connectivity index (χ3v) is 7.29. The highest BCUT2D eigenvalue weighted by atomic mass is 16.6. The Labute approximate surface area is 239 Å². The van der Waals surface area contributed by atoms with E-state index in [4.69, 9.17) is 18.6 Å². The molecule has 9 nitrogen and oxygen atoms in total. The number of para-hydroxylation sites is 1. The lowest BCUT2D eigenvalue weighted by atomic mass is 10.1. The van der Waals surface area contributed by atoms with Gasteiger partial charge in [0, 0.05) is 44.0 Å². The fourth-order valence-corrected chi connectivity index (χ4v) is 4.93. The van der Waals surface area contributed by atoms with E-state index in [-0.39, 0.29) is 18.6 Å². The number of amides is 1. The van der Waals surface area contributed by atoms with Gasteiger partial charge in [0.25, 0.3) is 5.91 Å². The maximum absolute atomic E-state index is 12.8. The molecule has 4 heterocycles. The largest absolute Gasteiger partial charge is 0.489 e. The average molecular weight is 555 g/mol. The summed E-state index contributed by atoms with van der Waals surface area (Å²) in [5.41, 5.74) is 2.60. The van der Waals surface area contributed by atoms with E-state index in [1.54, 1.807) is 12.3 Å². The molecule has 1 fully saturated rings. The summed E-state index contributed by atoms with van der Waals surface area (Å²) in [6.45, 7) is 5.80. The van der Waals surface area contributed by atoms with Gasteiger partial charge in [-0.1, -0.05) is 36.4 Å². The number of piperazine rings is 1. The van der Waals surface area contributed by atoms with Gasteiger partial charge in [-0.3, -0.25) is 14.7 Å². The third kappa shape index (κ3) is 6.70. The third-order valence-electron chi connectivity index (χ3n) is 7.29. The Balaban J connectivity index is 1.07. The van der Waals surface area contributed by atoms with Crippen molar-refractivity contribution in [2.24, 2.45) is 0 Å². The fourth-order valence-electron chi connectivity index (χ4n) is 4.93. The summed E-state index contributed by atoms with van der Waals surface area (Å²) in [4.78, 5) is 22.0. The van der Waals surface area contributed by atoms with Crippen molar-refractivity contribution < 1.29 is 23.4 Å². The molecule has 0 aliphatic carbocycles. The molecule has 212 valence electrons. The predicted octanol–water partition coefficient (Wildman–Crippen LogP) is 4.24. The van der Waals surface area contributed by atoms with Gasteiger partial charge in [0.05, 0.1) is 18.8 Å². The van der Waals surface area contributed by atoms with Crippen molar-refractivity contribution in [1.29, 1.82) is 0 Å². The van der Waals surface area contributed by atoms with E-state index in [1.807, 2.05) is 66.7 Å². The highest BCUT2D eigenvalue weighted by Gasteiger charge is 2.26. The first kappa shape index (κ1) is 26.9. The Kier molecular flexibility index (Phi) is 8.16. The van der Waals surface area contributed by atoms with E-state index in [2.05, 4.69) is 27.1 Å². The van der Waals surface area contributed by atoms with Crippen LogP contribution in [-0.2, 0) is 13.2 Å². The summed E-state index contributed by atoms with van der Waals surface area (Å²) in [5.74, 6) is 2.76. The van der Waals surface area contributed by atoms with Crippen molar-refractivity contribution in [3.63, 3.8) is 0 Å². The number of likely N-dealkylation sites (N-methyl/N-ethyl adjacent to an activating group) is 1. The lowest BCUT2D eigenvalue weighted by Crippen LogP contribution is -2.43. The van der Waals surface area contributed by atoms with Gasteiger partial charge in [0.2, 0.25) is 0 Å². The van der Waals surface area contributed by atoms with Crippen molar-refractivity contribution in [1.82, 2.24) is 20.1 Å². The van der Waals surface area contributed by atoms with Crippen LogP contribution in [0.2, 0.25) is 0 Å². The Morgan fingerprint density at radius 2 is 1.88 bits per heavy atom. The Hall–Kier alpha value is -4.34. The smallest absolute Gasteiger partial charge is 0.287 e. The summed E-state index contributed by atoms with van der Waals surface area (Å²) in [7, 11) is 2.13. The zero-order valence-corrected chi connectivity index (χ0v) is 23.1. The van der Waals surface area contributed by atoms with E-state index < -0.39 is 0 Å². The van der Waals surface area contributed by atoms with Crippen LogP contribution in [0.4, 0.5) is 0 Å². The zero-order valence-electron chi connectivity index (χ0n) is 23.1. The van der Waals surface area contributed by atoms with E-state index >= 15 is 0 Å².